The normalized spacial score (nSPS) is 11.3. The van der Waals surface area contributed by atoms with E-state index in [0.717, 1.165) is 11.3 Å². The Balaban J connectivity index is 2.76. The highest BCUT2D eigenvalue weighted by Gasteiger charge is 2.14. The summed E-state index contributed by atoms with van der Waals surface area (Å²) in [6.45, 7) is 5.50. The predicted octanol–water partition coefficient (Wildman–Crippen LogP) is 1.29. The van der Waals surface area contributed by atoms with E-state index in [4.69, 9.17) is 0 Å². The van der Waals surface area contributed by atoms with Crippen LogP contribution in [-0.2, 0) is 14.8 Å². The van der Waals surface area contributed by atoms with Crippen LogP contribution >= 0.6 is 0 Å². The van der Waals surface area contributed by atoms with Crippen molar-refractivity contribution < 1.29 is 13.2 Å². The Bertz CT molecular complexity index is 541. The van der Waals surface area contributed by atoms with Gasteiger partial charge in [-0.25, -0.2) is 13.1 Å². The number of rotatable bonds is 6. The van der Waals surface area contributed by atoms with E-state index in [0.29, 0.717) is 6.54 Å². The monoisotopic (exact) mass is 284 g/mol. The van der Waals surface area contributed by atoms with E-state index >= 15 is 0 Å². The van der Waals surface area contributed by atoms with E-state index in [-0.39, 0.29) is 18.2 Å². The van der Waals surface area contributed by atoms with E-state index in [2.05, 4.69) is 4.72 Å². The molecule has 0 unspecified atom stereocenters. The molecule has 1 aromatic carbocycles. The highest BCUT2D eigenvalue weighted by Crippen LogP contribution is 2.18. The fourth-order valence-corrected chi connectivity index (χ4v) is 2.34. The van der Waals surface area contributed by atoms with Crippen LogP contribution < -0.4 is 9.62 Å². The van der Waals surface area contributed by atoms with Crippen LogP contribution in [0.2, 0.25) is 0 Å². The van der Waals surface area contributed by atoms with Gasteiger partial charge in [-0.15, -0.1) is 0 Å². The van der Waals surface area contributed by atoms with Crippen molar-refractivity contribution in [1.82, 2.24) is 4.72 Å². The van der Waals surface area contributed by atoms with E-state index in [9.17, 15) is 13.2 Å². The molecule has 0 aliphatic heterocycles. The summed E-state index contributed by atoms with van der Waals surface area (Å²) in [6, 6.07) is 7.53. The van der Waals surface area contributed by atoms with Crippen molar-refractivity contribution in [1.29, 1.82) is 0 Å². The third kappa shape index (κ3) is 4.65. The molecular weight excluding hydrogens is 264 g/mol. The SMILES string of the molecule is CCS(=O)(=O)NCCN(C(C)=O)c1ccccc1C. The van der Waals surface area contributed by atoms with Crippen LogP contribution in [0.15, 0.2) is 24.3 Å². The predicted molar refractivity (Wildman–Crippen MR) is 76.7 cm³/mol. The Labute approximate surface area is 114 Å². The van der Waals surface area contributed by atoms with Crippen molar-refractivity contribution in [2.75, 3.05) is 23.7 Å². The fourth-order valence-electron chi connectivity index (χ4n) is 1.73. The van der Waals surface area contributed by atoms with Gasteiger partial charge in [0, 0.05) is 25.7 Å². The number of para-hydroxylation sites is 1. The quantitative estimate of drug-likeness (QED) is 0.856. The number of hydrogen-bond donors (Lipinski definition) is 1. The largest absolute Gasteiger partial charge is 0.311 e. The number of sulfonamides is 1. The van der Waals surface area contributed by atoms with Gasteiger partial charge in [0.25, 0.3) is 0 Å². The first-order valence-electron chi connectivity index (χ1n) is 6.18. The zero-order valence-electron chi connectivity index (χ0n) is 11.5. The molecule has 0 radical (unpaired) electrons. The Morgan fingerprint density at radius 2 is 1.95 bits per heavy atom. The highest BCUT2D eigenvalue weighted by molar-refractivity contribution is 7.89. The van der Waals surface area contributed by atoms with Crippen LogP contribution in [0.3, 0.4) is 0 Å². The molecule has 0 saturated carbocycles. The summed E-state index contributed by atoms with van der Waals surface area (Å²) in [5.74, 6) is -0.0674. The smallest absolute Gasteiger partial charge is 0.223 e. The summed E-state index contributed by atoms with van der Waals surface area (Å²) in [5, 5.41) is 0. The van der Waals surface area contributed by atoms with Crippen LogP contribution in [0.1, 0.15) is 19.4 Å². The van der Waals surface area contributed by atoms with Gasteiger partial charge in [0.1, 0.15) is 0 Å². The highest BCUT2D eigenvalue weighted by atomic mass is 32.2. The zero-order valence-corrected chi connectivity index (χ0v) is 12.3. The van der Waals surface area contributed by atoms with Crippen LogP contribution in [0.4, 0.5) is 5.69 Å². The van der Waals surface area contributed by atoms with Gasteiger partial charge in [-0.05, 0) is 25.5 Å². The first-order valence-corrected chi connectivity index (χ1v) is 7.83. The lowest BCUT2D eigenvalue weighted by atomic mass is 10.2. The van der Waals surface area contributed by atoms with E-state index in [1.165, 1.54) is 6.92 Å². The Morgan fingerprint density at radius 1 is 1.32 bits per heavy atom. The number of nitrogens with zero attached hydrogens (tertiary/aromatic N) is 1. The second kappa shape index (κ2) is 6.68. The van der Waals surface area contributed by atoms with Crippen molar-refractivity contribution in [2.45, 2.75) is 20.8 Å². The molecule has 0 heterocycles. The number of benzene rings is 1. The molecular formula is C13H20N2O3S. The lowest BCUT2D eigenvalue weighted by molar-refractivity contribution is -0.116. The third-order valence-electron chi connectivity index (χ3n) is 2.82. The van der Waals surface area contributed by atoms with E-state index in [1.807, 2.05) is 31.2 Å². The number of carbonyl (C=O) groups excluding carboxylic acids is 1. The molecule has 0 atom stereocenters. The molecule has 19 heavy (non-hydrogen) atoms. The molecule has 106 valence electrons. The zero-order chi connectivity index (χ0) is 14.5. The molecule has 0 fully saturated rings. The number of aryl methyl sites for hydroxylation is 1. The van der Waals surface area contributed by atoms with Gasteiger partial charge in [-0.1, -0.05) is 18.2 Å². The van der Waals surface area contributed by atoms with Crippen LogP contribution in [0.25, 0.3) is 0 Å². The summed E-state index contributed by atoms with van der Waals surface area (Å²) in [5.41, 5.74) is 1.79. The number of anilines is 1. The molecule has 0 saturated heterocycles. The van der Waals surface area contributed by atoms with Crippen molar-refractivity contribution in [3.8, 4) is 0 Å². The van der Waals surface area contributed by atoms with Crippen molar-refractivity contribution in [3.63, 3.8) is 0 Å². The maximum absolute atomic E-state index is 11.7. The first kappa shape index (κ1) is 15.7. The van der Waals surface area contributed by atoms with Crippen LogP contribution in [-0.4, -0.2) is 33.2 Å². The van der Waals surface area contributed by atoms with Gasteiger partial charge in [0.2, 0.25) is 15.9 Å². The van der Waals surface area contributed by atoms with Gasteiger partial charge in [0.05, 0.1) is 5.75 Å². The summed E-state index contributed by atoms with van der Waals surface area (Å²) in [7, 11) is -3.22. The second-order valence-corrected chi connectivity index (χ2v) is 6.35. The molecule has 0 spiro atoms. The standard InChI is InChI=1S/C13H20N2O3S/c1-4-19(17,18)14-9-10-15(12(3)16)13-8-6-5-7-11(13)2/h5-8,14H,4,9-10H2,1-3H3. The minimum absolute atomic E-state index is 0.0391. The average Bonchev–Trinajstić information content (AvgIpc) is 2.35. The van der Waals surface area contributed by atoms with Crippen LogP contribution in [0.5, 0.6) is 0 Å². The molecule has 1 N–H and O–H groups in total. The minimum Gasteiger partial charge on any atom is -0.311 e. The molecule has 0 aromatic heterocycles. The van der Waals surface area contributed by atoms with Crippen molar-refractivity contribution >= 4 is 21.6 Å². The molecule has 1 rings (SSSR count). The Kier molecular flexibility index (Phi) is 5.50. The summed E-state index contributed by atoms with van der Waals surface area (Å²) < 4.78 is 25.1. The van der Waals surface area contributed by atoms with Crippen molar-refractivity contribution in [3.05, 3.63) is 29.8 Å². The van der Waals surface area contributed by atoms with Crippen LogP contribution in [0, 0.1) is 6.92 Å². The maximum Gasteiger partial charge on any atom is 0.223 e. The van der Waals surface area contributed by atoms with Gasteiger partial charge >= 0.3 is 0 Å². The Morgan fingerprint density at radius 3 is 2.47 bits per heavy atom. The third-order valence-corrected chi connectivity index (χ3v) is 4.23. The summed E-state index contributed by atoms with van der Waals surface area (Å²) >= 11 is 0. The lowest BCUT2D eigenvalue weighted by Crippen LogP contribution is -2.38. The maximum atomic E-state index is 11.7. The van der Waals surface area contributed by atoms with Crippen molar-refractivity contribution in [2.24, 2.45) is 0 Å². The minimum atomic E-state index is -3.22. The molecule has 0 bridgehead atoms. The summed E-state index contributed by atoms with van der Waals surface area (Å²) in [6.07, 6.45) is 0. The van der Waals surface area contributed by atoms with Gasteiger partial charge in [-0.2, -0.15) is 0 Å². The van der Waals surface area contributed by atoms with E-state index in [1.54, 1.807) is 11.8 Å². The number of hydrogen-bond acceptors (Lipinski definition) is 3. The van der Waals surface area contributed by atoms with Gasteiger partial charge in [-0.3, -0.25) is 4.79 Å². The van der Waals surface area contributed by atoms with Gasteiger partial charge in [0.15, 0.2) is 0 Å². The number of carbonyl (C=O) groups is 1. The lowest BCUT2D eigenvalue weighted by Gasteiger charge is -2.23. The molecule has 6 heteroatoms. The first-order chi connectivity index (χ1) is 8.87. The Hall–Kier alpha value is -1.40. The molecule has 0 aliphatic rings. The average molecular weight is 284 g/mol. The number of amides is 1. The van der Waals surface area contributed by atoms with Gasteiger partial charge < -0.3 is 4.90 Å². The summed E-state index contributed by atoms with van der Waals surface area (Å²) in [4.78, 5) is 13.2. The van der Waals surface area contributed by atoms with E-state index < -0.39 is 10.0 Å². The topological polar surface area (TPSA) is 66.5 Å². The molecule has 1 aromatic rings. The fraction of sp³-hybridized carbons (Fsp3) is 0.462. The molecule has 5 nitrogen and oxygen atoms in total. The molecule has 1 amide bonds. The number of nitrogens with one attached hydrogen (secondary N) is 1. The molecule has 0 aliphatic carbocycles. The second-order valence-electron chi connectivity index (χ2n) is 4.25.